The van der Waals surface area contributed by atoms with Crippen molar-refractivity contribution in [3.8, 4) is 6.07 Å². The van der Waals surface area contributed by atoms with Gasteiger partial charge in [-0.2, -0.15) is 5.26 Å². The minimum absolute atomic E-state index is 0.00208. The first kappa shape index (κ1) is 19.9. The van der Waals surface area contributed by atoms with Gasteiger partial charge in [0.15, 0.2) is 0 Å². The van der Waals surface area contributed by atoms with Gasteiger partial charge in [-0.05, 0) is 54.3 Å². The maximum atomic E-state index is 12.4. The highest BCUT2D eigenvalue weighted by Gasteiger charge is 2.10. The van der Waals surface area contributed by atoms with Crippen LogP contribution < -0.4 is 10.6 Å². The van der Waals surface area contributed by atoms with Crippen molar-refractivity contribution in [2.75, 3.05) is 12.4 Å². The Bertz CT molecular complexity index is 860. The van der Waals surface area contributed by atoms with E-state index in [1.165, 1.54) is 11.6 Å². The smallest absolute Gasteiger partial charge is 0.266 e. The van der Waals surface area contributed by atoms with E-state index in [1.54, 1.807) is 31.3 Å². The number of anilines is 1. The largest absolute Gasteiger partial charge is 0.355 e. The molecule has 2 N–H and O–H groups in total. The van der Waals surface area contributed by atoms with E-state index < -0.39 is 5.91 Å². The number of rotatable bonds is 7. The molecule has 0 unspecified atom stereocenters. The number of hydrogen-bond acceptors (Lipinski definition) is 3. The monoisotopic (exact) mass is 361 g/mol. The SMILES string of the molecule is CCCCc1ccc(NC(=O)/C(C#N)=C\c2ccc(C(=O)NC)cc2)cc1. The fraction of sp³-hybridized carbons (Fsp3) is 0.227. The maximum absolute atomic E-state index is 12.4. The van der Waals surface area contributed by atoms with Gasteiger partial charge in [-0.1, -0.05) is 37.6 Å². The third kappa shape index (κ3) is 5.82. The Morgan fingerprint density at radius 3 is 2.30 bits per heavy atom. The van der Waals surface area contributed by atoms with E-state index in [2.05, 4.69) is 17.6 Å². The molecule has 2 aromatic carbocycles. The normalized spacial score (nSPS) is 10.8. The van der Waals surface area contributed by atoms with Crippen molar-refractivity contribution in [1.82, 2.24) is 5.32 Å². The number of carbonyl (C=O) groups is 2. The molecule has 0 aliphatic rings. The van der Waals surface area contributed by atoms with Crippen LogP contribution in [0.25, 0.3) is 6.08 Å². The summed E-state index contributed by atoms with van der Waals surface area (Å²) < 4.78 is 0. The molecule has 0 fully saturated rings. The highest BCUT2D eigenvalue weighted by molar-refractivity contribution is 6.09. The van der Waals surface area contributed by atoms with Gasteiger partial charge < -0.3 is 10.6 Å². The van der Waals surface area contributed by atoms with Gasteiger partial charge in [-0.25, -0.2) is 0 Å². The Balaban J connectivity index is 2.07. The average molecular weight is 361 g/mol. The third-order valence-corrected chi connectivity index (χ3v) is 4.11. The van der Waals surface area contributed by atoms with E-state index in [4.69, 9.17) is 0 Å². The molecule has 0 spiro atoms. The van der Waals surface area contributed by atoms with Crippen molar-refractivity contribution in [1.29, 1.82) is 5.26 Å². The summed E-state index contributed by atoms with van der Waals surface area (Å²) in [4.78, 5) is 23.9. The maximum Gasteiger partial charge on any atom is 0.266 e. The Kier molecular flexibility index (Phi) is 7.33. The number of unbranched alkanes of at least 4 members (excludes halogenated alkanes) is 1. The van der Waals surface area contributed by atoms with Gasteiger partial charge in [-0.15, -0.1) is 0 Å². The Morgan fingerprint density at radius 1 is 1.07 bits per heavy atom. The van der Waals surface area contributed by atoms with Gasteiger partial charge >= 0.3 is 0 Å². The molecule has 0 saturated carbocycles. The van der Waals surface area contributed by atoms with E-state index in [-0.39, 0.29) is 11.5 Å². The minimum atomic E-state index is -0.464. The lowest BCUT2D eigenvalue weighted by Crippen LogP contribution is -2.17. The molecule has 138 valence electrons. The number of carbonyl (C=O) groups excluding carboxylic acids is 2. The number of hydrogen-bond donors (Lipinski definition) is 2. The van der Waals surface area contributed by atoms with E-state index in [0.717, 1.165) is 19.3 Å². The lowest BCUT2D eigenvalue weighted by molar-refractivity contribution is -0.112. The molecule has 5 nitrogen and oxygen atoms in total. The van der Waals surface area contributed by atoms with Crippen LogP contribution in [0.1, 0.15) is 41.3 Å². The second-order valence-corrected chi connectivity index (χ2v) is 6.13. The van der Waals surface area contributed by atoms with Crippen molar-refractivity contribution in [2.24, 2.45) is 0 Å². The molecular weight excluding hydrogens is 338 g/mol. The van der Waals surface area contributed by atoms with E-state index in [1.807, 2.05) is 30.3 Å². The molecule has 0 aliphatic carbocycles. The molecule has 0 bridgehead atoms. The van der Waals surface area contributed by atoms with E-state index >= 15 is 0 Å². The van der Waals surface area contributed by atoms with Crippen LogP contribution in [-0.4, -0.2) is 18.9 Å². The van der Waals surface area contributed by atoms with Crippen molar-refractivity contribution in [3.63, 3.8) is 0 Å². The molecular formula is C22H23N3O2. The highest BCUT2D eigenvalue weighted by Crippen LogP contribution is 2.14. The standard InChI is InChI=1S/C22H23N3O2/c1-3-4-5-16-8-12-20(13-9-16)25-22(27)19(15-23)14-17-6-10-18(11-7-17)21(26)24-2/h6-14H,3-5H2,1-2H3,(H,24,26)(H,25,27)/b19-14-. The first-order valence-electron chi connectivity index (χ1n) is 8.91. The number of amides is 2. The average Bonchev–Trinajstić information content (AvgIpc) is 2.71. The highest BCUT2D eigenvalue weighted by atomic mass is 16.2. The van der Waals surface area contributed by atoms with Crippen LogP contribution in [0, 0.1) is 11.3 Å². The number of nitrogens with one attached hydrogen (secondary N) is 2. The molecule has 2 rings (SSSR count). The predicted octanol–water partition coefficient (Wildman–Crippen LogP) is 3.93. The van der Waals surface area contributed by atoms with Crippen LogP contribution in [-0.2, 0) is 11.2 Å². The van der Waals surface area contributed by atoms with Crippen molar-refractivity contribution >= 4 is 23.6 Å². The zero-order valence-corrected chi connectivity index (χ0v) is 15.6. The second-order valence-electron chi connectivity index (χ2n) is 6.13. The molecule has 0 radical (unpaired) electrons. The second kappa shape index (κ2) is 9.93. The van der Waals surface area contributed by atoms with Crippen LogP contribution in [0.3, 0.4) is 0 Å². The van der Waals surface area contributed by atoms with Crippen molar-refractivity contribution in [2.45, 2.75) is 26.2 Å². The Hall–Kier alpha value is -3.39. The van der Waals surface area contributed by atoms with Gasteiger partial charge in [-0.3, -0.25) is 9.59 Å². The lowest BCUT2D eigenvalue weighted by atomic mass is 10.1. The zero-order chi connectivity index (χ0) is 19.6. The van der Waals surface area contributed by atoms with Gasteiger partial charge in [0.2, 0.25) is 0 Å². The molecule has 0 saturated heterocycles. The van der Waals surface area contributed by atoms with Crippen LogP contribution >= 0.6 is 0 Å². The van der Waals surface area contributed by atoms with Crippen LogP contribution in [0.4, 0.5) is 5.69 Å². The lowest BCUT2D eigenvalue weighted by Gasteiger charge is -2.06. The molecule has 27 heavy (non-hydrogen) atoms. The topological polar surface area (TPSA) is 82.0 Å². The Morgan fingerprint density at radius 2 is 1.74 bits per heavy atom. The summed E-state index contributed by atoms with van der Waals surface area (Å²) in [6.45, 7) is 2.15. The zero-order valence-electron chi connectivity index (χ0n) is 15.6. The molecule has 0 atom stereocenters. The predicted molar refractivity (Wildman–Crippen MR) is 107 cm³/mol. The van der Waals surface area contributed by atoms with Gasteiger partial charge in [0.1, 0.15) is 11.6 Å². The quantitative estimate of drug-likeness (QED) is 0.579. The number of aryl methyl sites for hydroxylation is 1. The van der Waals surface area contributed by atoms with E-state index in [9.17, 15) is 14.9 Å². The first-order valence-corrected chi connectivity index (χ1v) is 8.91. The number of nitrogens with zero attached hydrogens (tertiary/aromatic N) is 1. The molecule has 2 amide bonds. The van der Waals surface area contributed by atoms with Gasteiger partial charge in [0, 0.05) is 18.3 Å². The molecule has 0 aromatic heterocycles. The summed E-state index contributed by atoms with van der Waals surface area (Å²) in [5.74, 6) is -0.652. The summed E-state index contributed by atoms with van der Waals surface area (Å²) in [6.07, 6.45) is 4.78. The summed E-state index contributed by atoms with van der Waals surface area (Å²) in [5, 5.41) is 14.6. The summed E-state index contributed by atoms with van der Waals surface area (Å²) in [7, 11) is 1.56. The van der Waals surface area contributed by atoms with Crippen molar-refractivity contribution < 1.29 is 9.59 Å². The molecule has 0 heterocycles. The van der Waals surface area contributed by atoms with Gasteiger partial charge in [0.25, 0.3) is 11.8 Å². The molecule has 2 aromatic rings. The summed E-state index contributed by atoms with van der Waals surface area (Å²) in [6, 6.07) is 16.3. The summed E-state index contributed by atoms with van der Waals surface area (Å²) in [5.41, 5.74) is 3.06. The van der Waals surface area contributed by atoms with Crippen LogP contribution in [0.5, 0.6) is 0 Å². The number of nitriles is 1. The van der Waals surface area contributed by atoms with Crippen molar-refractivity contribution in [3.05, 3.63) is 70.8 Å². The fourth-order valence-electron chi connectivity index (χ4n) is 2.52. The van der Waals surface area contributed by atoms with Gasteiger partial charge in [0.05, 0.1) is 0 Å². The number of benzene rings is 2. The fourth-order valence-corrected chi connectivity index (χ4v) is 2.52. The van der Waals surface area contributed by atoms with E-state index in [0.29, 0.717) is 16.8 Å². The first-order chi connectivity index (χ1) is 13.1. The third-order valence-electron chi connectivity index (χ3n) is 4.11. The molecule has 5 heteroatoms. The van der Waals surface area contributed by atoms with Crippen LogP contribution in [0.15, 0.2) is 54.1 Å². The molecule has 0 aliphatic heterocycles. The Labute approximate surface area is 159 Å². The van der Waals surface area contributed by atoms with Crippen LogP contribution in [0.2, 0.25) is 0 Å². The minimum Gasteiger partial charge on any atom is -0.355 e. The summed E-state index contributed by atoms with van der Waals surface area (Å²) >= 11 is 0.